The molecule has 0 aliphatic carbocycles. The van der Waals surface area contributed by atoms with Crippen LogP contribution in [0.15, 0.2) is 41.3 Å². The quantitative estimate of drug-likeness (QED) is 0.883. The number of nitrogens with two attached hydrogens (primary N) is 1. The maximum Gasteiger partial charge on any atom is 0.128 e. The van der Waals surface area contributed by atoms with E-state index in [9.17, 15) is 8.60 Å². The van der Waals surface area contributed by atoms with E-state index in [0.29, 0.717) is 16.1 Å². The van der Waals surface area contributed by atoms with E-state index in [1.807, 2.05) is 19.1 Å². The van der Waals surface area contributed by atoms with E-state index >= 15 is 0 Å². The van der Waals surface area contributed by atoms with Crippen molar-refractivity contribution >= 4 is 16.5 Å². The normalized spacial score (nSPS) is 11.8. The van der Waals surface area contributed by atoms with Crippen LogP contribution in [0.3, 0.4) is 0 Å². The van der Waals surface area contributed by atoms with Gasteiger partial charge in [0.15, 0.2) is 0 Å². The van der Waals surface area contributed by atoms with Gasteiger partial charge >= 0.3 is 0 Å². The van der Waals surface area contributed by atoms with Gasteiger partial charge in [-0.15, -0.1) is 0 Å². The predicted octanol–water partition coefficient (Wildman–Crippen LogP) is 2.90. The Kier molecular flexibility index (Phi) is 4.16. The van der Waals surface area contributed by atoms with Gasteiger partial charge in [0, 0.05) is 11.3 Å². The highest BCUT2D eigenvalue weighted by molar-refractivity contribution is 7.84. The summed E-state index contributed by atoms with van der Waals surface area (Å²) < 4.78 is 26.0. The zero-order valence-corrected chi connectivity index (χ0v) is 11.7. The lowest BCUT2D eigenvalue weighted by atomic mass is 10.1. The molecule has 0 aliphatic rings. The molecule has 0 amide bonds. The summed E-state index contributed by atoms with van der Waals surface area (Å²) in [5.41, 5.74) is 7.80. The molecule has 0 saturated carbocycles. The fourth-order valence-corrected chi connectivity index (χ4v) is 3.04. The zero-order valence-electron chi connectivity index (χ0n) is 10.9. The zero-order chi connectivity index (χ0) is 14.7. The standard InChI is InChI=1S/C15H13FN2OS/c1-10-2-5-15(14(18)6-10)20(19)9-12-4-3-11(8-17)7-13(12)16/h2-7H,9,18H2,1H3. The molecule has 0 radical (unpaired) electrons. The number of nitriles is 1. The topological polar surface area (TPSA) is 66.9 Å². The second kappa shape index (κ2) is 5.85. The summed E-state index contributed by atoms with van der Waals surface area (Å²) in [6, 6.07) is 11.2. The Morgan fingerprint density at radius 3 is 2.65 bits per heavy atom. The van der Waals surface area contributed by atoms with Crippen LogP contribution in [0, 0.1) is 24.1 Å². The average molecular weight is 288 g/mol. The van der Waals surface area contributed by atoms with Gasteiger partial charge in [-0.1, -0.05) is 12.1 Å². The van der Waals surface area contributed by atoms with Crippen molar-refractivity contribution in [3.8, 4) is 6.07 Å². The van der Waals surface area contributed by atoms with E-state index in [1.165, 1.54) is 12.1 Å². The van der Waals surface area contributed by atoms with Gasteiger partial charge in [0.25, 0.3) is 0 Å². The molecule has 0 fully saturated rings. The second-order valence-electron chi connectivity index (χ2n) is 4.45. The maximum atomic E-state index is 13.8. The van der Waals surface area contributed by atoms with Crippen molar-refractivity contribution in [1.82, 2.24) is 0 Å². The molecule has 0 bridgehead atoms. The number of nitrogens with zero attached hydrogens (tertiary/aromatic N) is 1. The van der Waals surface area contributed by atoms with Crippen LogP contribution in [0.2, 0.25) is 0 Å². The molecular weight excluding hydrogens is 275 g/mol. The molecule has 3 nitrogen and oxygen atoms in total. The molecule has 0 aliphatic heterocycles. The van der Waals surface area contributed by atoms with Crippen molar-refractivity contribution < 1.29 is 8.60 Å². The summed E-state index contributed by atoms with van der Waals surface area (Å²) in [4.78, 5) is 0.499. The van der Waals surface area contributed by atoms with E-state index in [1.54, 1.807) is 12.1 Å². The smallest absolute Gasteiger partial charge is 0.128 e. The lowest BCUT2D eigenvalue weighted by molar-refractivity contribution is 0.614. The third-order valence-electron chi connectivity index (χ3n) is 2.88. The number of hydrogen-bond acceptors (Lipinski definition) is 3. The number of halogens is 1. The Morgan fingerprint density at radius 1 is 1.30 bits per heavy atom. The Labute approximate surface area is 119 Å². The second-order valence-corrected chi connectivity index (χ2v) is 5.87. The van der Waals surface area contributed by atoms with Crippen LogP contribution in [0.5, 0.6) is 0 Å². The van der Waals surface area contributed by atoms with Gasteiger partial charge in [-0.2, -0.15) is 5.26 Å². The largest absolute Gasteiger partial charge is 0.398 e. The van der Waals surface area contributed by atoms with Gasteiger partial charge in [-0.3, -0.25) is 4.21 Å². The van der Waals surface area contributed by atoms with Crippen LogP contribution < -0.4 is 5.73 Å². The van der Waals surface area contributed by atoms with Crippen LogP contribution in [-0.2, 0) is 16.6 Å². The van der Waals surface area contributed by atoms with E-state index in [2.05, 4.69) is 0 Å². The molecule has 2 aromatic carbocycles. The van der Waals surface area contributed by atoms with Gasteiger partial charge in [0.05, 0.1) is 33.1 Å². The lowest BCUT2D eigenvalue weighted by Crippen LogP contribution is -2.03. The molecule has 0 aromatic heterocycles. The molecule has 2 N–H and O–H groups in total. The highest BCUT2D eigenvalue weighted by atomic mass is 32.2. The Hall–Kier alpha value is -2.19. The minimum atomic E-state index is -1.42. The molecule has 5 heteroatoms. The first kappa shape index (κ1) is 14.2. The van der Waals surface area contributed by atoms with Gasteiger partial charge in [-0.05, 0) is 36.8 Å². The first-order chi connectivity index (χ1) is 9.51. The molecule has 20 heavy (non-hydrogen) atoms. The summed E-state index contributed by atoms with van der Waals surface area (Å²) in [6.45, 7) is 1.89. The van der Waals surface area contributed by atoms with Crippen molar-refractivity contribution in [3.05, 3.63) is 58.9 Å². The minimum absolute atomic E-state index is 0.0325. The average Bonchev–Trinajstić information content (AvgIpc) is 2.40. The van der Waals surface area contributed by atoms with Crippen LogP contribution in [0.25, 0.3) is 0 Å². The van der Waals surface area contributed by atoms with Crippen LogP contribution >= 0.6 is 0 Å². The van der Waals surface area contributed by atoms with Crippen molar-refractivity contribution in [1.29, 1.82) is 5.26 Å². The fourth-order valence-electron chi connectivity index (χ4n) is 1.83. The molecule has 1 atom stereocenters. The van der Waals surface area contributed by atoms with Crippen LogP contribution in [0.4, 0.5) is 10.1 Å². The molecule has 0 spiro atoms. The fraction of sp³-hybridized carbons (Fsp3) is 0.133. The number of anilines is 1. The minimum Gasteiger partial charge on any atom is -0.398 e. The van der Waals surface area contributed by atoms with E-state index < -0.39 is 16.6 Å². The number of nitrogen functional groups attached to an aromatic ring is 1. The molecule has 102 valence electrons. The number of benzene rings is 2. The molecule has 1 unspecified atom stereocenters. The SMILES string of the molecule is Cc1ccc(S(=O)Cc2ccc(C#N)cc2F)c(N)c1. The van der Waals surface area contributed by atoms with Crippen LogP contribution in [0.1, 0.15) is 16.7 Å². The van der Waals surface area contributed by atoms with E-state index in [4.69, 9.17) is 11.0 Å². The van der Waals surface area contributed by atoms with E-state index in [-0.39, 0.29) is 11.3 Å². The van der Waals surface area contributed by atoms with Gasteiger partial charge in [0.2, 0.25) is 0 Å². The summed E-state index contributed by atoms with van der Waals surface area (Å²) in [5.74, 6) is -0.492. The van der Waals surface area contributed by atoms with Crippen molar-refractivity contribution in [2.24, 2.45) is 0 Å². The Bertz CT molecular complexity index is 722. The highest BCUT2D eigenvalue weighted by Crippen LogP contribution is 2.21. The highest BCUT2D eigenvalue weighted by Gasteiger charge is 2.12. The van der Waals surface area contributed by atoms with Gasteiger partial charge < -0.3 is 5.73 Å². The molecule has 0 heterocycles. The first-order valence-electron chi connectivity index (χ1n) is 5.94. The predicted molar refractivity (Wildman–Crippen MR) is 76.8 cm³/mol. The monoisotopic (exact) mass is 288 g/mol. The number of aryl methyl sites for hydroxylation is 1. The molecule has 2 aromatic rings. The third kappa shape index (κ3) is 3.03. The van der Waals surface area contributed by atoms with Gasteiger partial charge in [0.1, 0.15) is 5.82 Å². The van der Waals surface area contributed by atoms with Crippen LogP contribution in [-0.4, -0.2) is 4.21 Å². The maximum absolute atomic E-state index is 13.8. The first-order valence-corrected chi connectivity index (χ1v) is 7.26. The number of hydrogen-bond donors (Lipinski definition) is 1. The van der Waals surface area contributed by atoms with Gasteiger partial charge in [-0.25, -0.2) is 4.39 Å². The van der Waals surface area contributed by atoms with Crippen molar-refractivity contribution in [3.63, 3.8) is 0 Å². The third-order valence-corrected chi connectivity index (χ3v) is 4.31. The number of rotatable bonds is 3. The summed E-state index contributed by atoms with van der Waals surface area (Å²) in [6.07, 6.45) is 0. The summed E-state index contributed by atoms with van der Waals surface area (Å²) >= 11 is 0. The van der Waals surface area contributed by atoms with E-state index in [0.717, 1.165) is 11.6 Å². The Balaban J connectivity index is 2.26. The molecule has 2 rings (SSSR count). The lowest BCUT2D eigenvalue weighted by Gasteiger charge is -2.07. The van der Waals surface area contributed by atoms with Crippen molar-refractivity contribution in [2.45, 2.75) is 17.6 Å². The summed E-state index contributed by atoms with van der Waals surface area (Å²) in [5, 5.41) is 8.68. The summed E-state index contributed by atoms with van der Waals surface area (Å²) in [7, 11) is -1.42. The molecule has 0 saturated heterocycles. The Morgan fingerprint density at radius 2 is 2.05 bits per heavy atom. The molecular formula is C15H13FN2OS. The van der Waals surface area contributed by atoms with Crippen molar-refractivity contribution in [2.75, 3.05) is 5.73 Å².